The van der Waals surface area contributed by atoms with Gasteiger partial charge < -0.3 is 9.72 Å². The predicted octanol–water partition coefficient (Wildman–Crippen LogP) is 2.79. The average molecular weight is 258 g/mol. The molecule has 0 saturated heterocycles. The molecule has 4 nitrogen and oxygen atoms in total. The lowest BCUT2D eigenvalue weighted by molar-refractivity contribution is 0.242. The fraction of sp³-hybridized carbons (Fsp3) is 0.333. The molecular formula is C15H18N2O2. The Morgan fingerprint density at radius 3 is 2.53 bits per heavy atom. The van der Waals surface area contributed by atoms with Gasteiger partial charge in [0.15, 0.2) is 0 Å². The van der Waals surface area contributed by atoms with E-state index in [1.807, 2.05) is 45.0 Å². The van der Waals surface area contributed by atoms with Crippen LogP contribution in [-0.2, 0) is 6.42 Å². The third kappa shape index (κ3) is 3.44. The van der Waals surface area contributed by atoms with Gasteiger partial charge in [-0.1, -0.05) is 6.92 Å². The fourth-order valence-corrected chi connectivity index (χ4v) is 1.79. The van der Waals surface area contributed by atoms with Crippen molar-refractivity contribution in [3.05, 3.63) is 46.4 Å². The maximum Gasteiger partial charge on any atom is 0.251 e. The van der Waals surface area contributed by atoms with Crippen LogP contribution >= 0.6 is 0 Å². The number of aryl methyl sites for hydroxylation is 1. The first-order valence-electron chi connectivity index (χ1n) is 6.46. The van der Waals surface area contributed by atoms with Gasteiger partial charge in [0, 0.05) is 17.3 Å². The molecule has 0 amide bonds. The normalized spacial score (nSPS) is 10.7. The first kappa shape index (κ1) is 13.3. The lowest BCUT2D eigenvalue weighted by Gasteiger charge is -2.10. The van der Waals surface area contributed by atoms with E-state index in [1.165, 1.54) is 6.07 Å². The predicted molar refractivity (Wildman–Crippen MR) is 75.4 cm³/mol. The van der Waals surface area contributed by atoms with E-state index in [0.717, 1.165) is 23.4 Å². The van der Waals surface area contributed by atoms with Gasteiger partial charge in [0.05, 0.1) is 6.10 Å². The van der Waals surface area contributed by atoms with Crippen LogP contribution in [0.1, 0.15) is 26.5 Å². The first-order chi connectivity index (χ1) is 9.08. The molecule has 100 valence electrons. The standard InChI is InChI=1S/C15H18N2O2/c1-4-12-9-14(18)17-15(16-12)11-5-7-13(8-6-11)19-10(2)3/h5-10H,4H2,1-3H3,(H,16,17,18). The lowest BCUT2D eigenvalue weighted by atomic mass is 10.2. The van der Waals surface area contributed by atoms with E-state index in [9.17, 15) is 4.79 Å². The second kappa shape index (κ2) is 5.69. The number of ether oxygens (including phenoxy) is 1. The third-order valence-corrected chi connectivity index (χ3v) is 2.66. The summed E-state index contributed by atoms with van der Waals surface area (Å²) in [5, 5.41) is 0. The molecule has 0 fully saturated rings. The quantitative estimate of drug-likeness (QED) is 0.917. The molecule has 0 aliphatic rings. The zero-order valence-electron chi connectivity index (χ0n) is 11.4. The molecule has 0 spiro atoms. The molecule has 4 heteroatoms. The lowest BCUT2D eigenvalue weighted by Crippen LogP contribution is -2.10. The van der Waals surface area contributed by atoms with Crippen molar-refractivity contribution in [1.29, 1.82) is 0 Å². The van der Waals surface area contributed by atoms with E-state index in [0.29, 0.717) is 5.82 Å². The summed E-state index contributed by atoms with van der Waals surface area (Å²) < 4.78 is 5.58. The summed E-state index contributed by atoms with van der Waals surface area (Å²) in [5.74, 6) is 1.41. The smallest absolute Gasteiger partial charge is 0.251 e. The molecule has 0 atom stereocenters. The van der Waals surface area contributed by atoms with Crippen molar-refractivity contribution in [2.75, 3.05) is 0 Å². The Morgan fingerprint density at radius 2 is 1.95 bits per heavy atom. The largest absolute Gasteiger partial charge is 0.491 e. The summed E-state index contributed by atoms with van der Waals surface area (Å²) in [6, 6.07) is 9.09. The number of aromatic amines is 1. The molecule has 0 unspecified atom stereocenters. The monoisotopic (exact) mass is 258 g/mol. The topological polar surface area (TPSA) is 55.0 Å². The highest BCUT2D eigenvalue weighted by Crippen LogP contribution is 2.19. The minimum Gasteiger partial charge on any atom is -0.491 e. The summed E-state index contributed by atoms with van der Waals surface area (Å²) in [6.07, 6.45) is 0.887. The van der Waals surface area contributed by atoms with Crippen LogP contribution < -0.4 is 10.3 Å². The van der Waals surface area contributed by atoms with Crippen molar-refractivity contribution < 1.29 is 4.74 Å². The van der Waals surface area contributed by atoms with Crippen molar-refractivity contribution in [3.63, 3.8) is 0 Å². The van der Waals surface area contributed by atoms with E-state index >= 15 is 0 Å². The number of aromatic nitrogens is 2. The molecule has 0 bridgehead atoms. The molecule has 19 heavy (non-hydrogen) atoms. The van der Waals surface area contributed by atoms with Crippen molar-refractivity contribution in [1.82, 2.24) is 9.97 Å². The Balaban J connectivity index is 2.31. The number of nitrogens with zero attached hydrogens (tertiary/aromatic N) is 1. The Morgan fingerprint density at radius 1 is 1.26 bits per heavy atom. The zero-order valence-corrected chi connectivity index (χ0v) is 11.4. The maximum atomic E-state index is 11.5. The van der Waals surface area contributed by atoms with Crippen LogP contribution in [0.15, 0.2) is 35.1 Å². The van der Waals surface area contributed by atoms with Gasteiger partial charge in [-0.25, -0.2) is 4.98 Å². The van der Waals surface area contributed by atoms with Gasteiger partial charge in [0.1, 0.15) is 11.6 Å². The summed E-state index contributed by atoms with van der Waals surface area (Å²) in [7, 11) is 0. The molecule has 0 radical (unpaired) electrons. The Bertz CT molecular complexity index is 600. The fourth-order valence-electron chi connectivity index (χ4n) is 1.79. The van der Waals surface area contributed by atoms with Crippen LogP contribution in [0.25, 0.3) is 11.4 Å². The van der Waals surface area contributed by atoms with Crippen molar-refractivity contribution >= 4 is 0 Å². The third-order valence-electron chi connectivity index (χ3n) is 2.66. The molecule has 2 aromatic rings. The minimum absolute atomic E-state index is 0.121. The number of benzene rings is 1. The Labute approximate surface area is 112 Å². The number of rotatable bonds is 4. The number of hydrogen-bond donors (Lipinski definition) is 1. The van der Waals surface area contributed by atoms with Crippen LogP contribution in [0.5, 0.6) is 5.75 Å². The van der Waals surface area contributed by atoms with Crippen LogP contribution in [0, 0.1) is 0 Å². The number of nitrogens with one attached hydrogen (secondary N) is 1. The van der Waals surface area contributed by atoms with Crippen LogP contribution in [-0.4, -0.2) is 16.1 Å². The summed E-state index contributed by atoms with van der Waals surface area (Å²) in [4.78, 5) is 18.7. The molecule has 0 aliphatic heterocycles. The van der Waals surface area contributed by atoms with E-state index < -0.39 is 0 Å². The summed E-state index contributed by atoms with van der Waals surface area (Å²) in [5.41, 5.74) is 1.55. The summed E-state index contributed by atoms with van der Waals surface area (Å²) >= 11 is 0. The Kier molecular flexibility index (Phi) is 4.00. The minimum atomic E-state index is -0.121. The highest BCUT2D eigenvalue weighted by molar-refractivity contribution is 5.56. The van der Waals surface area contributed by atoms with E-state index in [-0.39, 0.29) is 11.7 Å². The molecule has 1 aromatic heterocycles. The van der Waals surface area contributed by atoms with Gasteiger partial charge in [-0.3, -0.25) is 4.79 Å². The summed E-state index contributed by atoms with van der Waals surface area (Å²) in [6.45, 7) is 5.94. The van der Waals surface area contributed by atoms with E-state index in [2.05, 4.69) is 9.97 Å². The second-order valence-corrected chi connectivity index (χ2v) is 4.63. The molecule has 1 aromatic carbocycles. The van der Waals surface area contributed by atoms with Crippen LogP contribution in [0.2, 0.25) is 0 Å². The van der Waals surface area contributed by atoms with Crippen LogP contribution in [0.4, 0.5) is 0 Å². The van der Waals surface area contributed by atoms with Crippen molar-refractivity contribution in [3.8, 4) is 17.1 Å². The van der Waals surface area contributed by atoms with Crippen molar-refractivity contribution in [2.24, 2.45) is 0 Å². The van der Waals surface area contributed by atoms with Crippen molar-refractivity contribution in [2.45, 2.75) is 33.3 Å². The van der Waals surface area contributed by atoms with Gasteiger partial charge in [-0.2, -0.15) is 0 Å². The number of H-pyrrole nitrogens is 1. The van der Waals surface area contributed by atoms with Gasteiger partial charge in [0.25, 0.3) is 5.56 Å². The van der Waals surface area contributed by atoms with Gasteiger partial charge in [-0.15, -0.1) is 0 Å². The zero-order chi connectivity index (χ0) is 13.8. The highest BCUT2D eigenvalue weighted by Gasteiger charge is 2.04. The van der Waals surface area contributed by atoms with E-state index in [1.54, 1.807) is 0 Å². The first-order valence-corrected chi connectivity index (χ1v) is 6.46. The molecular weight excluding hydrogens is 240 g/mol. The van der Waals surface area contributed by atoms with Gasteiger partial charge >= 0.3 is 0 Å². The maximum absolute atomic E-state index is 11.5. The number of hydrogen-bond acceptors (Lipinski definition) is 3. The SMILES string of the molecule is CCc1cc(=O)[nH]c(-c2ccc(OC(C)C)cc2)n1. The van der Waals surface area contributed by atoms with E-state index in [4.69, 9.17) is 4.74 Å². The molecule has 0 saturated carbocycles. The van der Waals surface area contributed by atoms with Gasteiger partial charge in [-0.05, 0) is 44.5 Å². The molecule has 2 rings (SSSR count). The second-order valence-electron chi connectivity index (χ2n) is 4.63. The molecule has 1 N–H and O–H groups in total. The van der Waals surface area contributed by atoms with Crippen LogP contribution in [0.3, 0.4) is 0 Å². The average Bonchev–Trinajstić information content (AvgIpc) is 2.38. The van der Waals surface area contributed by atoms with Gasteiger partial charge in [0.2, 0.25) is 0 Å². The molecule has 0 aliphatic carbocycles. The highest BCUT2D eigenvalue weighted by atomic mass is 16.5. The molecule has 1 heterocycles. The Hall–Kier alpha value is -2.10.